The van der Waals surface area contributed by atoms with Crippen molar-refractivity contribution in [3.05, 3.63) is 29.6 Å². The van der Waals surface area contributed by atoms with Crippen molar-refractivity contribution >= 4 is 0 Å². The third kappa shape index (κ3) is 2.71. The van der Waals surface area contributed by atoms with Gasteiger partial charge in [-0.1, -0.05) is 6.07 Å². The molecule has 1 aromatic rings. The zero-order chi connectivity index (χ0) is 10.4. The molecule has 14 heavy (non-hydrogen) atoms. The first kappa shape index (κ1) is 10.5. The van der Waals surface area contributed by atoms with E-state index in [9.17, 15) is 4.39 Å². The van der Waals surface area contributed by atoms with Crippen LogP contribution in [-0.4, -0.2) is 13.2 Å². The summed E-state index contributed by atoms with van der Waals surface area (Å²) in [5, 5.41) is 8.24. The van der Waals surface area contributed by atoms with Gasteiger partial charge in [0.15, 0.2) is 18.2 Å². The molecule has 0 radical (unpaired) electrons. The molecule has 0 bridgehead atoms. The Morgan fingerprint density at radius 2 is 2.29 bits per heavy atom. The van der Waals surface area contributed by atoms with E-state index in [4.69, 9.17) is 15.7 Å². The maximum atomic E-state index is 13.2. The molecule has 0 saturated heterocycles. The summed E-state index contributed by atoms with van der Waals surface area (Å²) in [4.78, 5) is 0. The SMILES string of the molecule is N#CCOc1ccc(CCN)cc1F. The number of nitriles is 1. The van der Waals surface area contributed by atoms with Crippen molar-refractivity contribution in [3.63, 3.8) is 0 Å². The molecule has 0 unspecified atom stereocenters. The zero-order valence-corrected chi connectivity index (χ0v) is 7.66. The molecule has 0 aliphatic heterocycles. The van der Waals surface area contributed by atoms with Gasteiger partial charge in [0, 0.05) is 0 Å². The quantitative estimate of drug-likeness (QED) is 0.784. The minimum Gasteiger partial charge on any atom is -0.476 e. The van der Waals surface area contributed by atoms with Crippen molar-refractivity contribution < 1.29 is 9.13 Å². The third-order valence-corrected chi connectivity index (χ3v) is 1.72. The van der Waals surface area contributed by atoms with E-state index in [0.717, 1.165) is 5.56 Å². The molecule has 1 rings (SSSR count). The molecule has 0 spiro atoms. The Hall–Kier alpha value is -1.60. The Bertz CT molecular complexity index is 346. The van der Waals surface area contributed by atoms with Crippen LogP contribution in [0, 0.1) is 17.1 Å². The molecule has 4 heteroatoms. The summed E-state index contributed by atoms with van der Waals surface area (Å²) in [7, 11) is 0. The zero-order valence-electron chi connectivity index (χ0n) is 7.66. The van der Waals surface area contributed by atoms with E-state index in [1.165, 1.54) is 12.1 Å². The van der Waals surface area contributed by atoms with Gasteiger partial charge in [-0.2, -0.15) is 5.26 Å². The van der Waals surface area contributed by atoms with Gasteiger partial charge in [-0.25, -0.2) is 4.39 Å². The number of nitrogens with zero attached hydrogens (tertiary/aromatic N) is 1. The van der Waals surface area contributed by atoms with Gasteiger partial charge < -0.3 is 10.5 Å². The van der Waals surface area contributed by atoms with Crippen molar-refractivity contribution in [1.29, 1.82) is 5.26 Å². The molecule has 0 atom stereocenters. The second-order valence-corrected chi connectivity index (χ2v) is 2.75. The summed E-state index contributed by atoms with van der Waals surface area (Å²) in [6.45, 7) is 0.338. The molecule has 0 aromatic heterocycles. The topological polar surface area (TPSA) is 59.0 Å². The Balaban J connectivity index is 2.75. The van der Waals surface area contributed by atoms with E-state index < -0.39 is 5.82 Å². The molecule has 0 aliphatic carbocycles. The van der Waals surface area contributed by atoms with Gasteiger partial charge >= 0.3 is 0 Å². The van der Waals surface area contributed by atoms with Gasteiger partial charge in [0.25, 0.3) is 0 Å². The van der Waals surface area contributed by atoms with Gasteiger partial charge in [-0.05, 0) is 30.7 Å². The Kier molecular flexibility index (Phi) is 3.89. The molecular weight excluding hydrogens is 183 g/mol. The van der Waals surface area contributed by atoms with Gasteiger partial charge in [0.2, 0.25) is 0 Å². The third-order valence-electron chi connectivity index (χ3n) is 1.72. The van der Waals surface area contributed by atoms with Gasteiger partial charge in [0.1, 0.15) is 6.07 Å². The van der Waals surface area contributed by atoms with Crippen molar-refractivity contribution in [3.8, 4) is 11.8 Å². The highest BCUT2D eigenvalue weighted by atomic mass is 19.1. The number of hydrogen-bond acceptors (Lipinski definition) is 3. The standard InChI is InChI=1S/C10H11FN2O/c11-9-7-8(3-4-12)1-2-10(9)14-6-5-13/h1-2,7H,3-4,6,12H2. The average Bonchev–Trinajstić information content (AvgIpc) is 2.17. The lowest BCUT2D eigenvalue weighted by atomic mass is 10.1. The number of hydrogen-bond donors (Lipinski definition) is 1. The fourth-order valence-corrected chi connectivity index (χ4v) is 1.09. The number of rotatable bonds is 4. The monoisotopic (exact) mass is 194 g/mol. The predicted octanol–water partition coefficient (Wildman–Crippen LogP) is 1.23. The lowest BCUT2D eigenvalue weighted by molar-refractivity contribution is 0.346. The first-order chi connectivity index (χ1) is 6.77. The average molecular weight is 194 g/mol. The van der Waals surface area contributed by atoms with Crippen LogP contribution in [-0.2, 0) is 6.42 Å². The molecule has 74 valence electrons. The lowest BCUT2D eigenvalue weighted by Crippen LogP contribution is -2.03. The second kappa shape index (κ2) is 5.20. The van der Waals surface area contributed by atoms with Crippen LogP contribution in [0.4, 0.5) is 4.39 Å². The number of benzene rings is 1. The maximum Gasteiger partial charge on any atom is 0.174 e. The van der Waals surface area contributed by atoms with Crippen LogP contribution in [0.3, 0.4) is 0 Å². The van der Waals surface area contributed by atoms with Crippen molar-refractivity contribution in [1.82, 2.24) is 0 Å². The molecular formula is C10H11FN2O. The summed E-state index contributed by atoms with van der Waals surface area (Å²) >= 11 is 0. The molecule has 1 aromatic carbocycles. The number of nitrogens with two attached hydrogens (primary N) is 1. The molecule has 0 heterocycles. The molecule has 0 aliphatic rings. The van der Waals surface area contributed by atoms with Crippen molar-refractivity contribution in [2.24, 2.45) is 5.73 Å². The van der Waals surface area contributed by atoms with E-state index in [0.29, 0.717) is 13.0 Å². The first-order valence-corrected chi connectivity index (χ1v) is 4.26. The van der Waals surface area contributed by atoms with Crippen LogP contribution in [0.2, 0.25) is 0 Å². The highest BCUT2D eigenvalue weighted by molar-refractivity contribution is 5.29. The second-order valence-electron chi connectivity index (χ2n) is 2.75. The molecule has 0 saturated carbocycles. The predicted molar refractivity (Wildman–Crippen MR) is 50.3 cm³/mol. The Labute approximate surface area is 81.9 Å². The van der Waals surface area contributed by atoms with Gasteiger partial charge in [-0.3, -0.25) is 0 Å². The molecule has 2 N–H and O–H groups in total. The van der Waals surface area contributed by atoms with Crippen molar-refractivity contribution in [2.45, 2.75) is 6.42 Å². The van der Waals surface area contributed by atoms with Crippen molar-refractivity contribution in [2.75, 3.05) is 13.2 Å². The van der Waals surface area contributed by atoms with E-state index >= 15 is 0 Å². The summed E-state index contributed by atoms with van der Waals surface area (Å²) in [6.07, 6.45) is 0.634. The minimum atomic E-state index is -0.453. The fraction of sp³-hybridized carbons (Fsp3) is 0.300. The lowest BCUT2D eigenvalue weighted by Gasteiger charge is -2.04. The number of ether oxygens (including phenoxy) is 1. The fourth-order valence-electron chi connectivity index (χ4n) is 1.09. The van der Waals surface area contributed by atoms with Gasteiger partial charge in [0.05, 0.1) is 0 Å². The highest BCUT2D eigenvalue weighted by Gasteiger charge is 2.03. The molecule has 0 amide bonds. The summed E-state index contributed by atoms with van der Waals surface area (Å²) < 4.78 is 18.1. The number of halogens is 1. The van der Waals surface area contributed by atoms with Crippen LogP contribution in [0.1, 0.15) is 5.56 Å². The van der Waals surface area contributed by atoms with Crippen LogP contribution >= 0.6 is 0 Å². The van der Waals surface area contributed by atoms with Gasteiger partial charge in [-0.15, -0.1) is 0 Å². The highest BCUT2D eigenvalue weighted by Crippen LogP contribution is 2.18. The Morgan fingerprint density at radius 3 is 2.86 bits per heavy atom. The van der Waals surface area contributed by atoms with Crippen LogP contribution in [0.25, 0.3) is 0 Å². The normalized spacial score (nSPS) is 9.50. The van der Waals surface area contributed by atoms with E-state index in [1.54, 1.807) is 12.1 Å². The summed E-state index contributed by atoms with van der Waals surface area (Å²) in [6, 6.07) is 6.40. The van der Waals surface area contributed by atoms with E-state index in [-0.39, 0.29) is 12.4 Å². The maximum absolute atomic E-state index is 13.2. The van der Waals surface area contributed by atoms with E-state index in [1.807, 2.05) is 0 Å². The largest absolute Gasteiger partial charge is 0.476 e. The van der Waals surface area contributed by atoms with Crippen LogP contribution in [0.15, 0.2) is 18.2 Å². The minimum absolute atomic E-state index is 0.104. The summed E-state index contributed by atoms with van der Waals surface area (Å²) in [5.74, 6) is -0.349. The van der Waals surface area contributed by atoms with Crippen LogP contribution < -0.4 is 10.5 Å². The Morgan fingerprint density at radius 1 is 1.50 bits per heavy atom. The molecule has 0 fully saturated rings. The smallest absolute Gasteiger partial charge is 0.174 e. The first-order valence-electron chi connectivity index (χ1n) is 4.26. The van der Waals surface area contributed by atoms with Crippen LogP contribution in [0.5, 0.6) is 5.75 Å². The van der Waals surface area contributed by atoms with E-state index in [2.05, 4.69) is 0 Å². The molecule has 3 nitrogen and oxygen atoms in total. The summed E-state index contributed by atoms with van der Waals surface area (Å²) in [5.41, 5.74) is 6.16.